The van der Waals surface area contributed by atoms with Crippen molar-refractivity contribution in [2.45, 2.75) is 19.3 Å². The molecule has 0 atom stereocenters. The van der Waals surface area contributed by atoms with Crippen molar-refractivity contribution in [1.29, 1.82) is 0 Å². The zero-order valence-electron chi connectivity index (χ0n) is 10.0. The number of ether oxygens (including phenoxy) is 2. The minimum absolute atomic E-state index is 0.183. The Kier molecular flexibility index (Phi) is 6.10. The Hall–Kier alpha value is -1.12. The number of methoxy groups -OCH3 is 1. The second-order valence-electron chi connectivity index (χ2n) is 3.63. The standard InChI is InChI=1S/C10H16F3N3O2/c1-17-3-2-14-4-8-5-15-9(16-8)6-18-7-10(11,12)13/h5,14H,2-4,6-7H2,1H3,(H,15,16). The number of nitrogens with one attached hydrogen (secondary N) is 2. The van der Waals surface area contributed by atoms with Crippen molar-refractivity contribution in [3.8, 4) is 0 Å². The fraction of sp³-hybridized carbons (Fsp3) is 0.700. The lowest BCUT2D eigenvalue weighted by Crippen LogP contribution is -2.18. The number of rotatable bonds is 8. The highest BCUT2D eigenvalue weighted by Crippen LogP contribution is 2.15. The maximum atomic E-state index is 11.8. The van der Waals surface area contributed by atoms with E-state index in [0.29, 0.717) is 25.5 Å². The van der Waals surface area contributed by atoms with Crippen molar-refractivity contribution in [2.24, 2.45) is 0 Å². The first-order valence-corrected chi connectivity index (χ1v) is 5.38. The summed E-state index contributed by atoms with van der Waals surface area (Å²) in [5.41, 5.74) is 0.789. The fourth-order valence-corrected chi connectivity index (χ4v) is 1.23. The van der Waals surface area contributed by atoms with Crippen LogP contribution in [-0.2, 0) is 22.6 Å². The molecule has 0 saturated carbocycles. The predicted octanol–water partition coefficient (Wildman–Crippen LogP) is 1.22. The highest BCUT2D eigenvalue weighted by atomic mass is 19.4. The molecule has 0 aliphatic heterocycles. The molecule has 0 aromatic carbocycles. The zero-order valence-corrected chi connectivity index (χ0v) is 10.0. The first-order valence-electron chi connectivity index (χ1n) is 5.38. The van der Waals surface area contributed by atoms with Gasteiger partial charge in [-0.15, -0.1) is 0 Å². The largest absolute Gasteiger partial charge is 0.411 e. The van der Waals surface area contributed by atoms with Gasteiger partial charge in [-0.2, -0.15) is 13.2 Å². The summed E-state index contributed by atoms with van der Waals surface area (Å²) in [6.45, 7) is 0.382. The molecular formula is C10H16F3N3O2. The summed E-state index contributed by atoms with van der Waals surface area (Å²) >= 11 is 0. The first kappa shape index (κ1) is 14.9. The first-order chi connectivity index (χ1) is 8.51. The van der Waals surface area contributed by atoms with Crippen molar-refractivity contribution in [2.75, 3.05) is 26.9 Å². The van der Waals surface area contributed by atoms with E-state index < -0.39 is 12.8 Å². The quantitative estimate of drug-likeness (QED) is 0.695. The molecular weight excluding hydrogens is 251 g/mol. The van der Waals surface area contributed by atoms with Crippen LogP contribution in [0.1, 0.15) is 11.5 Å². The van der Waals surface area contributed by atoms with Crippen molar-refractivity contribution >= 4 is 0 Å². The third-order valence-electron chi connectivity index (χ3n) is 1.98. The van der Waals surface area contributed by atoms with Gasteiger partial charge in [0.05, 0.1) is 6.61 Å². The van der Waals surface area contributed by atoms with E-state index in [-0.39, 0.29) is 6.61 Å². The number of alkyl halides is 3. The van der Waals surface area contributed by atoms with Crippen LogP contribution in [0.4, 0.5) is 13.2 Å². The molecule has 0 aliphatic rings. The van der Waals surface area contributed by atoms with Gasteiger partial charge in [0.15, 0.2) is 0 Å². The molecule has 5 nitrogen and oxygen atoms in total. The van der Waals surface area contributed by atoms with Crippen molar-refractivity contribution in [3.63, 3.8) is 0 Å². The van der Waals surface area contributed by atoms with E-state index in [1.165, 1.54) is 0 Å². The molecule has 0 bridgehead atoms. The van der Waals surface area contributed by atoms with Crippen LogP contribution in [0.2, 0.25) is 0 Å². The molecule has 1 aromatic rings. The highest BCUT2D eigenvalue weighted by Gasteiger charge is 2.27. The van der Waals surface area contributed by atoms with E-state index in [1.54, 1.807) is 13.3 Å². The van der Waals surface area contributed by atoms with Gasteiger partial charge in [0.25, 0.3) is 0 Å². The zero-order chi connectivity index (χ0) is 13.4. The second-order valence-corrected chi connectivity index (χ2v) is 3.63. The molecule has 1 aromatic heterocycles. The minimum Gasteiger partial charge on any atom is -0.383 e. The Morgan fingerprint density at radius 1 is 1.44 bits per heavy atom. The number of aromatic nitrogens is 2. The van der Waals surface area contributed by atoms with Crippen LogP contribution in [0.15, 0.2) is 6.20 Å². The molecule has 0 radical (unpaired) electrons. The van der Waals surface area contributed by atoms with Gasteiger partial charge in [0.1, 0.15) is 19.0 Å². The van der Waals surface area contributed by atoms with Crippen molar-refractivity contribution in [3.05, 3.63) is 17.7 Å². The van der Waals surface area contributed by atoms with E-state index in [1.807, 2.05) is 0 Å². The van der Waals surface area contributed by atoms with Gasteiger partial charge in [-0.3, -0.25) is 0 Å². The minimum atomic E-state index is -4.31. The molecule has 0 aliphatic carbocycles. The number of aromatic amines is 1. The molecule has 0 amide bonds. The Balaban J connectivity index is 2.21. The van der Waals surface area contributed by atoms with Crippen LogP contribution in [0.3, 0.4) is 0 Å². The summed E-state index contributed by atoms with van der Waals surface area (Å²) in [6, 6.07) is 0. The summed E-state index contributed by atoms with van der Waals surface area (Å²) in [6.07, 6.45) is -2.75. The van der Waals surface area contributed by atoms with E-state index >= 15 is 0 Å². The van der Waals surface area contributed by atoms with Crippen LogP contribution in [0.25, 0.3) is 0 Å². The van der Waals surface area contributed by atoms with Gasteiger partial charge in [-0.25, -0.2) is 4.98 Å². The molecule has 1 heterocycles. The van der Waals surface area contributed by atoms with Gasteiger partial charge in [-0.05, 0) is 0 Å². The van der Waals surface area contributed by atoms with E-state index in [4.69, 9.17) is 4.74 Å². The van der Waals surface area contributed by atoms with E-state index in [2.05, 4.69) is 20.0 Å². The molecule has 0 saturated heterocycles. The molecule has 104 valence electrons. The van der Waals surface area contributed by atoms with Gasteiger partial charge in [-0.1, -0.05) is 0 Å². The van der Waals surface area contributed by atoms with Gasteiger partial charge in [0, 0.05) is 32.1 Å². The fourth-order valence-electron chi connectivity index (χ4n) is 1.23. The predicted molar refractivity (Wildman–Crippen MR) is 57.9 cm³/mol. The molecule has 18 heavy (non-hydrogen) atoms. The lowest BCUT2D eigenvalue weighted by atomic mass is 10.4. The maximum Gasteiger partial charge on any atom is 0.411 e. The molecule has 0 unspecified atom stereocenters. The lowest BCUT2D eigenvalue weighted by Gasteiger charge is -2.05. The van der Waals surface area contributed by atoms with E-state index in [9.17, 15) is 13.2 Å². The van der Waals surface area contributed by atoms with Crippen LogP contribution in [0.5, 0.6) is 0 Å². The van der Waals surface area contributed by atoms with Crippen LogP contribution in [-0.4, -0.2) is 43.0 Å². The van der Waals surface area contributed by atoms with Crippen LogP contribution < -0.4 is 5.32 Å². The maximum absolute atomic E-state index is 11.8. The number of hydrogen-bond acceptors (Lipinski definition) is 4. The molecule has 0 spiro atoms. The van der Waals surface area contributed by atoms with Gasteiger partial charge in [0.2, 0.25) is 0 Å². The topological polar surface area (TPSA) is 59.2 Å². The average Bonchev–Trinajstić information content (AvgIpc) is 2.71. The number of H-pyrrole nitrogens is 1. The van der Waals surface area contributed by atoms with Crippen LogP contribution >= 0.6 is 0 Å². The van der Waals surface area contributed by atoms with Gasteiger partial charge >= 0.3 is 6.18 Å². The molecule has 1 rings (SSSR count). The number of imidazole rings is 1. The number of halogens is 3. The molecule has 0 fully saturated rings. The Morgan fingerprint density at radius 3 is 2.89 bits per heavy atom. The Labute approximate surface area is 103 Å². The normalized spacial score (nSPS) is 12.0. The van der Waals surface area contributed by atoms with Gasteiger partial charge < -0.3 is 19.8 Å². The van der Waals surface area contributed by atoms with Crippen molar-refractivity contribution in [1.82, 2.24) is 15.3 Å². The summed E-state index contributed by atoms with van der Waals surface area (Å²) in [7, 11) is 1.61. The van der Waals surface area contributed by atoms with Crippen molar-refractivity contribution < 1.29 is 22.6 Å². The van der Waals surface area contributed by atoms with E-state index in [0.717, 1.165) is 5.69 Å². The number of nitrogens with zero attached hydrogens (tertiary/aromatic N) is 1. The summed E-state index contributed by atoms with van der Waals surface area (Å²) in [5, 5.41) is 3.08. The second kappa shape index (κ2) is 7.34. The highest BCUT2D eigenvalue weighted by molar-refractivity contribution is 5.00. The SMILES string of the molecule is COCCNCc1cnc(COCC(F)(F)F)[nH]1. The molecule has 8 heteroatoms. The Bertz CT molecular complexity index is 341. The summed E-state index contributed by atoms with van der Waals surface area (Å²) in [5.74, 6) is 0.378. The monoisotopic (exact) mass is 267 g/mol. The molecule has 2 N–H and O–H groups in total. The smallest absolute Gasteiger partial charge is 0.383 e. The average molecular weight is 267 g/mol. The lowest BCUT2D eigenvalue weighted by molar-refractivity contribution is -0.177. The Morgan fingerprint density at radius 2 is 2.22 bits per heavy atom. The number of hydrogen-bond donors (Lipinski definition) is 2. The third-order valence-corrected chi connectivity index (χ3v) is 1.98. The summed E-state index contributed by atoms with van der Waals surface area (Å²) < 4.78 is 44.8. The summed E-state index contributed by atoms with van der Waals surface area (Å²) in [4.78, 5) is 6.79. The third kappa shape index (κ3) is 6.58. The van der Waals surface area contributed by atoms with Crippen LogP contribution in [0, 0.1) is 0 Å².